The molecule has 0 spiro atoms. The summed E-state index contributed by atoms with van der Waals surface area (Å²) in [5.41, 5.74) is -0.0544. The first-order valence-corrected chi connectivity index (χ1v) is 6.93. The van der Waals surface area contributed by atoms with Crippen LogP contribution in [0.5, 0.6) is 0 Å². The average Bonchev–Trinajstić information content (AvgIpc) is 2.88. The Morgan fingerprint density at radius 1 is 1.50 bits per heavy atom. The summed E-state index contributed by atoms with van der Waals surface area (Å²) in [5, 5.41) is 16.5. The van der Waals surface area contributed by atoms with E-state index in [-0.39, 0.29) is 5.01 Å². The normalized spacial score (nSPS) is 16.4. The molecule has 1 aromatic rings. The highest BCUT2D eigenvalue weighted by molar-refractivity contribution is 7.15. The number of hydrogen-bond acceptors (Lipinski definition) is 5. The fraction of sp³-hybridized carbons (Fsp3) is 0.583. The molecule has 1 aliphatic rings. The molecule has 5 nitrogen and oxygen atoms in total. The molecule has 20 heavy (non-hydrogen) atoms. The van der Waals surface area contributed by atoms with Crippen molar-refractivity contribution in [1.29, 1.82) is 0 Å². The van der Waals surface area contributed by atoms with E-state index in [1.165, 1.54) is 0 Å². The second kappa shape index (κ2) is 5.43. The van der Waals surface area contributed by atoms with Gasteiger partial charge in [0.25, 0.3) is 6.43 Å². The average molecular weight is 303 g/mol. The van der Waals surface area contributed by atoms with Gasteiger partial charge in [-0.3, -0.25) is 4.79 Å². The van der Waals surface area contributed by atoms with Crippen molar-refractivity contribution in [2.45, 2.75) is 26.7 Å². The third-order valence-corrected chi connectivity index (χ3v) is 4.43. The van der Waals surface area contributed by atoms with E-state index >= 15 is 0 Å². The van der Waals surface area contributed by atoms with Gasteiger partial charge in [0.2, 0.25) is 5.13 Å². The molecular weight excluding hydrogens is 288 g/mol. The molecular formula is C12H15F2N3O2S. The molecule has 0 saturated heterocycles. The van der Waals surface area contributed by atoms with Gasteiger partial charge in [-0.1, -0.05) is 23.0 Å². The minimum Gasteiger partial charge on any atom is -0.481 e. The van der Waals surface area contributed by atoms with Crippen molar-refractivity contribution in [2.24, 2.45) is 5.41 Å². The quantitative estimate of drug-likeness (QED) is 0.866. The maximum Gasteiger partial charge on any atom is 0.313 e. The number of carbonyl (C=O) groups is 1. The van der Waals surface area contributed by atoms with Crippen LogP contribution in [0.25, 0.3) is 0 Å². The first-order valence-electron chi connectivity index (χ1n) is 6.11. The first kappa shape index (κ1) is 14.8. The standard InChI is InChI=1S/C12H15F2N3O2S/c1-12(2,10(18)19)7-3-5-17(6-4-7)11-16-15-9(20-11)8(13)14/h3,8H,4-6H2,1-2H3,(H,18,19). The fourth-order valence-electron chi connectivity index (χ4n) is 1.99. The van der Waals surface area contributed by atoms with Gasteiger partial charge in [0.15, 0.2) is 5.01 Å². The van der Waals surface area contributed by atoms with E-state index in [0.717, 1.165) is 16.9 Å². The number of hydrogen-bond donors (Lipinski definition) is 1. The summed E-state index contributed by atoms with van der Waals surface area (Å²) in [7, 11) is 0. The van der Waals surface area contributed by atoms with Crippen LogP contribution in [0.2, 0.25) is 0 Å². The summed E-state index contributed by atoms with van der Waals surface area (Å²) in [4.78, 5) is 13.0. The van der Waals surface area contributed by atoms with Gasteiger partial charge in [-0.2, -0.15) is 0 Å². The Hall–Kier alpha value is -1.57. The Morgan fingerprint density at radius 3 is 2.65 bits per heavy atom. The van der Waals surface area contributed by atoms with Gasteiger partial charge in [0, 0.05) is 13.1 Å². The molecule has 2 rings (SSSR count). The summed E-state index contributed by atoms with van der Waals surface area (Å²) in [6.45, 7) is 4.34. The van der Waals surface area contributed by atoms with E-state index in [0.29, 0.717) is 24.6 Å². The predicted octanol–water partition coefficient (Wildman–Crippen LogP) is 2.72. The van der Waals surface area contributed by atoms with E-state index in [1.54, 1.807) is 13.8 Å². The maximum absolute atomic E-state index is 12.5. The monoisotopic (exact) mass is 303 g/mol. The lowest BCUT2D eigenvalue weighted by atomic mass is 9.81. The number of alkyl halides is 2. The zero-order chi connectivity index (χ0) is 14.9. The Balaban J connectivity index is 2.10. The highest BCUT2D eigenvalue weighted by Crippen LogP contribution is 2.34. The van der Waals surface area contributed by atoms with Gasteiger partial charge in [-0.25, -0.2) is 8.78 Å². The molecule has 0 aromatic carbocycles. The minimum atomic E-state index is -2.61. The number of rotatable bonds is 4. The summed E-state index contributed by atoms with van der Waals surface area (Å²) >= 11 is 0.871. The fourth-order valence-corrected chi connectivity index (χ4v) is 2.72. The van der Waals surface area contributed by atoms with E-state index in [1.807, 2.05) is 11.0 Å². The van der Waals surface area contributed by atoms with Crippen LogP contribution in [-0.2, 0) is 4.79 Å². The number of anilines is 1. The van der Waals surface area contributed by atoms with Crippen LogP contribution in [-0.4, -0.2) is 34.4 Å². The summed E-state index contributed by atoms with van der Waals surface area (Å²) in [5.74, 6) is -0.867. The molecule has 0 saturated carbocycles. The Morgan fingerprint density at radius 2 is 2.20 bits per heavy atom. The van der Waals surface area contributed by atoms with Crippen molar-refractivity contribution in [3.8, 4) is 0 Å². The van der Waals surface area contributed by atoms with Crippen molar-refractivity contribution in [3.63, 3.8) is 0 Å². The predicted molar refractivity (Wildman–Crippen MR) is 71.2 cm³/mol. The lowest BCUT2D eigenvalue weighted by Crippen LogP contribution is -2.35. The zero-order valence-electron chi connectivity index (χ0n) is 11.1. The van der Waals surface area contributed by atoms with Crippen LogP contribution in [0.4, 0.5) is 13.9 Å². The largest absolute Gasteiger partial charge is 0.481 e. The summed E-state index contributed by atoms with van der Waals surface area (Å²) in [6, 6.07) is 0. The van der Waals surface area contributed by atoms with E-state index < -0.39 is 17.8 Å². The van der Waals surface area contributed by atoms with Crippen LogP contribution in [0.3, 0.4) is 0 Å². The molecule has 0 unspecified atom stereocenters. The molecule has 0 amide bonds. The molecule has 1 aliphatic heterocycles. The molecule has 0 fully saturated rings. The third kappa shape index (κ3) is 2.79. The number of aliphatic carboxylic acids is 1. The first-order chi connectivity index (χ1) is 9.32. The van der Waals surface area contributed by atoms with Crippen molar-refractivity contribution in [2.75, 3.05) is 18.0 Å². The van der Waals surface area contributed by atoms with Gasteiger partial charge in [-0.15, -0.1) is 10.2 Å². The summed E-state index contributed by atoms with van der Waals surface area (Å²) < 4.78 is 24.9. The van der Waals surface area contributed by atoms with Crippen LogP contribution >= 0.6 is 11.3 Å². The highest BCUT2D eigenvalue weighted by Gasteiger charge is 2.33. The van der Waals surface area contributed by atoms with Gasteiger partial charge in [0.1, 0.15) is 0 Å². The molecule has 8 heteroatoms. The highest BCUT2D eigenvalue weighted by atomic mass is 32.1. The Bertz CT molecular complexity index is 543. The third-order valence-electron chi connectivity index (χ3n) is 3.43. The number of halogens is 2. The molecule has 0 bridgehead atoms. The minimum absolute atomic E-state index is 0.291. The van der Waals surface area contributed by atoms with Crippen LogP contribution in [0.1, 0.15) is 31.7 Å². The molecule has 0 atom stereocenters. The molecule has 1 N–H and O–H groups in total. The van der Waals surface area contributed by atoms with Crippen molar-refractivity contribution < 1.29 is 18.7 Å². The lowest BCUT2D eigenvalue weighted by molar-refractivity contribution is -0.144. The molecule has 2 heterocycles. The summed E-state index contributed by atoms with van der Waals surface area (Å²) in [6.07, 6.45) is -0.202. The smallest absolute Gasteiger partial charge is 0.313 e. The van der Waals surface area contributed by atoms with Gasteiger partial charge >= 0.3 is 5.97 Å². The van der Waals surface area contributed by atoms with E-state index in [2.05, 4.69) is 10.2 Å². The van der Waals surface area contributed by atoms with E-state index in [9.17, 15) is 18.7 Å². The lowest BCUT2D eigenvalue weighted by Gasteiger charge is -2.31. The zero-order valence-corrected chi connectivity index (χ0v) is 12.0. The van der Waals surface area contributed by atoms with Gasteiger partial charge in [-0.05, 0) is 20.3 Å². The number of carboxylic acid groups (broad SMARTS) is 1. The van der Waals surface area contributed by atoms with Crippen LogP contribution in [0.15, 0.2) is 11.6 Å². The van der Waals surface area contributed by atoms with Crippen LogP contribution in [0, 0.1) is 5.41 Å². The molecule has 110 valence electrons. The van der Waals surface area contributed by atoms with Crippen molar-refractivity contribution in [3.05, 3.63) is 16.7 Å². The number of carboxylic acids is 1. The number of nitrogens with zero attached hydrogens (tertiary/aromatic N) is 3. The number of aromatic nitrogens is 2. The maximum atomic E-state index is 12.5. The Kier molecular flexibility index (Phi) is 4.03. The Labute approximate surface area is 118 Å². The van der Waals surface area contributed by atoms with Gasteiger partial charge < -0.3 is 10.0 Å². The topological polar surface area (TPSA) is 66.3 Å². The molecule has 1 aromatic heterocycles. The SMILES string of the molecule is CC(C)(C(=O)O)C1=CCN(c2nnc(C(F)F)s2)CC1. The molecule has 0 aliphatic carbocycles. The van der Waals surface area contributed by atoms with Crippen molar-refractivity contribution >= 4 is 22.4 Å². The van der Waals surface area contributed by atoms with Crippen molar-refractivity contribution in [1.82, 2.24) is 10.2 Å². The second-order valence-electron chi connectivity index (χ2n) is 5.08. The van der Waals surface area contributed by atoms with Crippen LogP contribution < -0.4 is 4.90 Å². The second-order valence-corrected chi connectivity index (χ2v) is 6.07. The van der Waals surface area contributed by atoms with Gasteiger partial charge in [0.05, 0.1) is 5.41 Å². The van der Waals surface area contributed by atoms with E-state index in [4.69, 9.17) is 0 Å². The molecule has 0 radical (unpaired) electrons.